The summed E-state index contributed by atoms with van der Waals surface area (Å²) in [7, 11) is 3.80. The van der Waals surface area contributed by atoms with Gasteiger partial charge in [0.25, 0.3) is 5.91 Å². The number of aryl methyl sites for hydroxylation is 1. The van der Waals surface area contributed by atoms with Crippen LogP contribution in [0.1, 0.15) is 36.3 Å². The molecule has 1 aromatic carbocycles. The average Bonchev–Trinajstić information content (AvgIpc) is 3.12. The number of pyridine rings is 1. The minimum Gasteiger partial charge on any atom is -0.493 e. The summed E-state index contributed by atoms with van der Waals surface area (Å²) in [6.45, 7) is 8.19. The van der Waals surface area contributed by atoms with Crippen LogP contribution in [0, 0.1) is 0 Å². The number of hydrogen-bond acceptors (Lipinski definition) is 5. The summed E-state index contributed by atoms with van der Waals surface area (Å²) in [5, 5.41) is 0. The van der Waals surface area contributed by atoms with Crippen LogP contribution in [0.4, 0.5) is 0 Å². The van der Waals surface area contributed by atoms with Gasteiger partial charge in [0.15, 0.2) is 11.5 Å². The van der Waals surface area contributed by atoms with E-state index in [2.05, 4.69) is 33.6 Å². The molecule has 0 spiro atoms. The number of fused-ring (bicyclic) bond motifs is 3. The van der Waals surface area contributed by atoms with Gasteiger partial charge in [-0.1, -0.05) is 6.07 Å². The Morgan fingerprint density at radius 2 is 1.86 bits per heavy atom. The highest BCUT2D eigenvalue weighted by Gasteiger charge is 2.30. The SMILES string of the molecule is COc1cc2c(cc1OC(C)C)-c1c(-c3ccccn3)cc(C(=O)N3CCCN(C)CC3)n1CC2. The van der Waals surface area contributed by atoms with E-state index in [1.165, 1.54) is 5.56 Å². The zero-order chi connectivity index (χ0) is 24.5. The summed E-state index contributed by atoms with van der Waals surface area (Å²) in [5.41, 5.74) is 5.86. The molecular formula is C28H34N4O3. The van der Waals surface area contributed by atoms with Crippen LogP contribution in [0.3, 0.4) is 0 Å². The smallest absolute Gasteiger partial charge is 0.270 e. The Labute approximate surface area is 207 Å². The van der Waals surface area contributed by atoms with E-state index in [1.807, 2.05) is 43.0 Å². The number of carbonyl (C=O) groups is 1. The third-order valence-corrected chi connectivity index (χ3v) is 6.88. The number of aromatic nitrogens is 2. The first-order chi connectivity index (χ1) is 17.0. The maximum Gasteiger partial charge on any atom is 0.270 e. The molecule has 3 aromatic rings. The van der Waals surface area contributed by atoms with Gasteiger partial charge in [0.05, 0.1) is 24.6 Å². The topological polar surface area (TPSA) is 59.8 Å². The normalized spacial score (nSPS) is 16.0. The molecule has 0 radical (unpaired) electrons. The molecule has 1 amide bonds. The number of likely N-dealkylation sites (N-methyl/N-ethyl adjacent to an activating group) is 1. The predicted octanol–water partition coefficient (Wildman–Crippen LogP) is 4.35. The van der Waals surface area contributed by atoms with Gasteiger partial charge in [-0.2, -0.15) is 0 Å². The van der Waals surface area contributed by atoms with Gasteiger partial charge in [0.2, 0.25) is 0 Å². The van der Waals surface area contributed by atoms with Crippen molar-refractivity contribution in [1.29, 1.82) is 0 Å². The van der Waals surface area contributed by atoms with Crippen LogP contribution < -0.4 is 9.47 Å². The highest BCUT2D eigenvalue weighted by atomic mass is 16.5. The number of hydrogen-bond donors (Lipinski definition) is 0. The van der Waals surface area contributed by atoms with E-state index in [4.69, 9.17) is 9.47 Å². The number of amides is 1. The molecule has 0 atom stereocenters. The molecule has 4 heterocycles. The lowest BCUT2D eigenvalue weighted by Crippen LogP contribution is -2.36. The largest absolute Gasteiger partial charge is 0.493 e. The molecule has 184 valence electrons. The summed E-state index contributed by atoms with van der Waals surface area (Å²) >= 11 is 0. The number of rotatable bonds is 5. The van der Waals surface area contributed by atoms with Crippen molar-refractivity contribution in [1.82, 2.24) is 19.4 Å². The second-order valence-electron chi connectivity index (χ2n) is 9.68. The molecule has 0 aliphatic carbocycles. The highest BCUT2D eigenvalue weighted by molar-refractivity contribution is 5.98. The summed E-state index contributed by atoms with van der Waals surface area (Å²) in [6.07, 6.45) is 3.63. The van der Waals surface area contributed by atoms with Crippen LogP contribution in [0.25, 0.3) is 22.5 Å². The van der Waals surface area contributed by atoms with E-state index in [-0.39, 0.29) is 12.0 Å². The van der Waals surface area contributed by atoms with Crippen LogP contribution in [0.5, 0.6) is 11.5 Å². The molecule has 0 saturated carbocycles. The zero-order valence-corrected chi connectivity index (χ0v) is 21.1. The van der Waals surface area contributed by atoms with Crippen LogP contribution >= 0.6 is 0 Å². The van der Waals surface area contributed by atoms with Gasteiger partial charge in [-0.05, 0) is 76.2 Å². The fourth-order valence-electron chi connectivity index (χ4n) is 5.14. The third-order valence-electron chi connectivity index (χ3n) is 6.88. The molecule has 2 aromatic heterocycles. The highest BCUT2D eigenvalue weighted by Crippen LogP contribution is 2.44. The van der Waals surface area contributed by atoms with Gasteiger partial charge in [0.1, 0.15) is 5.69 Å². The monoisotopic (exact) mass is 474 g/mol. The van der Waals surface area contributed by atoms with Crippen molar-refractivity contribution in [2.24, 2.45) is 0 Å². The third kappa shape index (κ3) is 4.52. The number of methoxy groups -OCH3 is 1. The lowest BCUT2D eigenvalue weighted by molar-refractivity contribution is 0.0752. The molecule has 0 bridgehead atoms. The molecule has 35 heavy (non-hydrogen) atoms. The van der Waals surface area contributed by atoms with Crippen LogP contribution in [0.2, 0.25) is 0 Å². The van der Waals surface area contributed by atoms with Crippen molar-refractivity contribution < 1.29 is 14.3 Å². The van der Waals surface area contributed by atoms with Crippen molar-refractivity contribution in [2.45, 2.75) is 39.3 Å². The fourth-order valence-corrected chi connectivity index (χ4v) is 5.14. The van der Waals surface area contributed by atoms with Crippen LogP contribution in [-0.2, 0) is 13.0 Å². The molecule has 2 aliphatic rings. The van der Waals surface area contributed by atoms with Crippen molar-refractivity contribution in [3.05, 3.63) is 53.9 Å². The summed E-state index contributed by atoms with van der Waals surface area (Å²) in [5.74, 6) is 1.55. The Morgan fingerprint density at radius 3 is 2.60 bits per heavy atom. The first kappa shape index (κ1) is 23.4. The van der Waals surface area contributed by atoms with E-state index >= 15 is 0 Å². The van der Waals surface area contributed by atoms with Crippen LogP contribution in [-0.4, -0.2) is 71.7 Å². The molecule has 5 rings (SSSR count). The number of benzene rings is 1. The Balaban J connectivity index is 1.66. The standard InChI is InChI=1S/C28H34N4O3/c1-19(2)35-26-18-21-20(16-25(26)34-4)9-13-32-24(28(33)31-12-7-11-30(3)14-15-31)17-22(27(21)32)23-8-5-6-10-29-23/h5-6,8,10,16-19H,7,9,11-15H2,1-4H3. The zero-order valence-electron chi connectivity index (χ0n) is 21.1. The minimum absolute atomic E-state index is 0.0193. The van der Waals surface area contributed by atoms with Crippen molar-refractivity contribution in [3.8, 4) is 34.0 Å². The fraction of sp³-hybridized carbons (Fsp3) is 0.429. The van der Waals surface area contributed by atoms with Crippen molar-refractivity contribution >= 4 is 5.91 Å². The maximum atomic E-state index is 13.8. The van der Waals surface area contributed by atoms with Crippen molar-refractivity contribution in [2.75, 3.05) is 40.3 Å². The second-order valence-corrected chi connectivity index (χ2v) is 9.68. The van der Waals surface area contributed by atoms with E-state index in [1.54, 1.807) is 13.3 Å². The Hall–Kier alpha value is -3.32. The Bertz CT molecular complexity index is 1220. The van der Waals surface area contributed by atoms with Gasteiger partial charge in [-0.15, -0.1) is 0 Å². The lowest BCUT2D eigenvalue weighted by Gasteiger charge is -2.26. The molecule has 1 saturated heterocycles. The van der Waals surface area contributed by atoms with Gasteiger partial charge in [-0.25, -0.2) is 0 Å². The summed E-state index contributed by atoms with van der Waals surface area (Å²) in [6, 6.07) is 12.1. The van der Waals surface area contributed by atoms with Gasteiger partial charge in [0, 0.05) is 43.5 Å². The molecule has 1 fully saturated rings. The first-order valence-corrected chi connectivity index (χ1v) is 12.5. The number of carbonyl (C=O) groups excluding carboxylic acids is 1. The first-order valence-electron chi connectivity index (χ1n) is 12.5. The van der Waals surface area contributed by atoms with E-state index < -0.39 is 0 Å². The minimum atomic E-state index is 0.0193. The van der Waals surface area contributed by atoms with Gasteiger partial charge in [-0.3, -0.25) is 9.78 Å². The molecule has 0 unspecified atom stereocenters. The number of ether oxygens (including phenoxy) is 2. The molecule has 0 N–H and O–H groups in total. The summed E-state index contributed by atoms with van der Waals surface area (Å²) < 4.78 is 13.9. The Morgan fingerprint density at radius 1 is 1.00 bits per heavy atom. The number of nitrogens with zero attached hydrogens (tertiary/aromatic N) is 4. The predicted molar refractivity (Wildman–Crippen MR) is 137 cm³/mol. The summed E-state index contributed by atoms with van der Waals surface area (Å²) in [4.78, 5) is 22.8. The molecule has 2 aliphatic heterocycles. The maximum absolute atomic E-state index is 13.8. The molecule has 7 nitrogen and oxygen atoms in total. The van der Waals surface area contributed by atoms with Gasteiger partial charge < -0.3 is 23.8 Å². The van der Waals surface area contributed by atoms with Crippen molar-refractivity contribution in [3.63, 3.8) is 0 Å². The average molecular weight is 475 g/mol. The van der Waals surface area contributed by atoms with E-state index in [0.717, 1.165) is 79.5 Å². The van der Waals surface area contributed by atoms with E-state index in [9.17, 15) is 4.79 Å². The van der Waals surface area contributed by atoms with Crippen LogP contribution in [0.15, 0.2) is 42.6 Å². The second kappa shape index (κ2) is 9.74. The quantitative estimate of drug-likeness (QED) is 0.550. The Kier molecular flexibility index (Phi) is 6.52. The lowest BCUT2D eigenvalue weighted by atomic mass is 9.94. The molecule has 7 heteroatoms. The van der Waals surface area contributed by atoms with Gasteiger partial charge >= 0.3 is 0 Å². The van der Waals surface area contributed by atoms with E-state index in [0.29, 0.717) is 5.75 Å². The molecular weight excluding hydrogens is 440 g/mol.